The van der Waals surface area contributed by atoms with E-state index < -0.39 is 0 Å². The lowest BCUT2D eigenvalue weighted by Crippen LogP contribution is -2.20. The van der Waals surface area contributed by atoms with Gasteiger partial charge in [0.2, 0.25) is 0 Å². The number of nitrogens with one attached hydrogen (secondary N) is 1. The SMILES string of the molecule is CNC(=O)c1cnn(-c2ccc(F)cc2)c1C(C)C. The van der Waals surface area contributed by atoms with Gasteiger partial charge in [-0.2, -0.15) is 5.10 Å². The number of benzene rings is 1. The van der Waals surface area contributed by atoms with Crippen LogP contribution in [0.15, 0.2) is 30.5 Å². The van der Waals surface area contributed by atoms with Gasteiger partial charge < -0.3 is 5.32 Å². The lowest BCUT2D eigenvalue weighted by atomic mass is 10.1. The fraction of sp³-hybridized carbons (Fsp3) is 0.286. The Morgan fingerprint density at radius 2 is 1.95 bits per heavy atom. The second-order valence-electron chi connectivity index (χ2n) is 4.57. The largest absolute Gasteiger partial charge is 0.355 e. The van der Waals surface area contributed by atoms with Crippen LogP contribution in [-0.2, 0) is 0 Å². The summed E-state index contributed by atoms with van der Waals surface area (Å²) >= 11 is 0. The highest BCUT2D eigenvalue weighted by Gasteiger charge is 2.19. The van der Waals surface area contributed by atoms with E-state index in [1.807, 2.05) is 13.8 Å². The van der Waals surface area contributed by atoms with Gasteiger partial charge in [0.05, 0.1) is 23.1 Å². The van der Waals surface area contributed by atoms with Crippen molar-refractivity contribution in [2.45, 2.75) is 19.8 Å². The minimum Gasteiger partial charge on any atom is -0.355 e. The Balaban J connectivity index is 2.55. The molecule has 0 aliphatic heterocycles. The van der Waals surface area contributed by atoms with Crippen LogP contribution in [-0.4, -0.2) is 22.7 Å². The van der Waals surface area contributed by atoms with Gasteiger partial charge in [-0.25, -0.2) is 9.07 Å². The molecule has 5 heteroatoms. The lowest BCUT2D eigenvalue weighted by molar-refractivity contribution is 0.0961. The zero-order chi connectivity index (χ0) is 14.0. The van der Waals surface area contributed by atoms with Crippen LogP contribution in [0.2, 0.25) is 0 Å². The second kappa shape index (κ2) is 5.22. The molecule has 1 heterocycles. The standard InChI is InChI=1S/C14H16FN3O/c1-9(2)13-12(14(19)16-3)8-17-18(13)11-6-4-10(15)5-7-11/h4-9H,1-3H3,(H,16,19). The number of rotatable bonds is 3. The highest BCUT2D eigenvalue weighted by molar-refractivity contribution is 5.95. The Morgan fingerprint density at radius 1 is 1.32 bits per heavy atom. The van der Waals surface area contributed by atoms with Crippen LogP contribution < -0.4 is 5.32 Å². The fourth-order valence-corrected chi connectivity index (χ4v) is 2.01. The molecule has 1 aromatic heterocycles. The summed E-state index contributed by atoms with van der Waals surface area (Å²) in [6, 6.07) is 6.03. The first-order valence-electron chi connectivity index (χ1n) is 6.10. The Bertz CT molecular complexity index is 587. The van der Waals surface area contributed by atoms with Crippen LogP contribution in [0, 0.1) is 5.82 Å². The van der Waals surface area contributed by atoms with Gasteiger partial charge in [-0.1, -0.05) is 13.8 Å². The quantitative estimate of drug-likeness (QED) is 0.922. The van der Waals surface area contributed by atoms with E-state index in [4.69, 9.17) is 0 Å². The number of carbonyl (C=O) groups is 1. The summed E-state index contributed by atoms with van der Waals surface area (Å²) in [5, 5.41) is 6.84. The molecule has 0 bridgehead atoms. The van der Waals surface area contributed by atoms with Crippen molar-refractivity contribution in [1.82, 2.24) is 15.1 Å². The smallest absolute Gasteiger partial charge is 0.254 e. The molecule has 0 saturated carbocycles. The molecule has 0 aliphatic carbocycles. The molecule has 1 N–H and O–H groups in total. The minimum atomic E-state index is -0.298. The number of aromatic nitrogens is 2. The van der Waals surface area contributed by atoms with Crippen molar-refractivity contribution >= 4 is 5.91 Å². The number of hydrogen-bond donors (Lipinski definition) is 1. The molecule has 2 rings (SSSR count). The average molecular weight is 261 g/mol. The van der Waals surface area contributed by atoms with E-state index in [0.717, 1.165) is 11.4 Å². The summed E-state index contributed by atoms with van der Waals surface area (Å²) in [5.41, 5.74) is 2.09. The molecular formula is C14H16FN3O. The third kappa shape index (κ3) is 2.50. The lowest BCUT2D eigenvalue weighted by Gasteiger charge is -2.12. The van der Waals surface area contributed by atoms with E-state index >= 15 is 0 Å². The molecule has 100 valence electrons. The van der Waals surface area contributed by atoms with Gasteiger partial charge in [0.25, 0.3) is 5.91 Å². The van der Waals surface area contributed by atoms with Crippen LogP contribution in [0.1, 0.15) is 35.8 Å². The Kier molecular flexibility index (Phi) is 3.64. The molecule has 0 aliphatic rings. The van der Waals surface area contributed by atoms with E-state index in [9.17, 15) is 9.18 Å². The van der Waals surface area contributed by atoms with E-state index in [0.29, 0.717) is 5.56 Å². The van der Waals surface area contributed by atoms with Gasteiger partial charge in [0.15, 0.2) is 0 Å². The van der Waals surface area contributed by atoms with Gasteiger partial charge in [-0.3, -0.25) is 4.79 Å². The summed E-state index contributed by atoms with van der Waals surface area (Å²) in [5.74, 6) is -0.342. The molecule has 1 aromatic carbocycles. The topological polar surface area (TPSA) is 46.9 Å². The molecule has 0 spiro atoms. The van der Waals surface area contributed by atoms with Crippen molar-refractivity contribution in [3.63, 3.8) is 0 Å². The summed E-state index contributed by atoms with van der Waals surface area (Å²) in [6.45, 7) is 3.98. The first-order chi connectivity index (χ1) is 9.04. The highest BCUT2D eigenvalue weighted by Crippen LogP contribution is 2.23. The van der Waals surface area contributed by atoms with Crippen LogP contribution in [0.4, 0.5) is 4.39 Å². The number of nitrogens with zero attached hydrogens (tertiary/aromatic N) is 2. The normalized spacial score (nSPS) is 10.8. The van der Waals surface area contributed by atoms with E-state index in [-0.39, 0.29) is 17.6 Å². The van der Waals surface area contributed by atoms with Gasteiger partial charge >= 0.3 is 0 Å². The summed E-state index contributed by atoms with van der Waals surface area (Å²) in [7, 11) is 1.58. The van der Waals surface area contributed by atoms with Gasteiger partial charge in [-0.15, -0.1) is 0 Å². The fourth-order valence-electron chi connectivity index (χ4n) is 2.01. The van der Waals surface area contributed by atoms with Crippen molar-refractivity contribution in [1.29, 1.82) is 0 Å². The van der Waals surface area contributed by atoms with Gasteiger partial charge in [0, 0.05) is 7.05 Å². The third-order valence-electron chi connectivity index (χ3n) is 2.90. The predicted molar refractivity (Wildman–Crippen MR) is 71.0 cm³/mol. The number of carbonyl (C=O) groups excluding carboxylic acids is 1. The van der Waals surface area contributed by atoms with Gasteiger partial charge in [0.1, 0.15) is 5.82 Å². The number of amides is 1. The maximum atomic E-state index is 13.0. The zero-order valence-corrected chi connectivity index (χ0v) is 11.1. The maximum absolute atomic E-state index is 13.0. The second-order valence-corrected chi connectivity index (χ2v) is 4.57. The highest BCUT2D eigenvalue weighted by atomic mass is 19.1. The Morgan fingerprint density at radius 3 is 2.47 bits per heavy atom. The van der Waals surface area contributed by atoms with E-state index in [1.54, 1.807) is 23.9 Å². The molecule has 2 aromatic rings. The molecular weight excluding hydrogens is 245 g/mol. The molecule has 0 atom stereocenters. The molecule has 19 heavy (non-hydrogen) atoms. The Labute approximate surface area is 111 Å². The average Bonchev–Trinajstić information content (AvgIpc) is 2.83. The summed E-state index contributed by atoms with van der Waals surface area (Å²) in [4.78, 5) is 11.8. The summed E-state index contributed by atoms with van der Waals surface area (Å²) in [6.07, 6.45) is 1.54. The molecule has 0 unspecified atom stereocenters. The molecule has 0 radical (unpaired) electrons. The van der Waals surface area contributed by atoms with Crippen molar-refractivity contribution in [3.05, 3.63) is 47.5 Å². The van der Waals surface area contributed by atoms with Crippen LogP contribution in [0.3, 0.4) is 0 Å². The number of hydrogen-bond acceptors (Lipinski definition) is 2. The molecule has 0 saturated heterocycles. The van der Waals surface area contributed by atoms with Gasteiger partial charge in [-0.05, 0) is 30.2 Å². The summed E-state index contributed by atoms with van der Waals surface area (Å²) < 4.78 is 14.6. The minimum absolute atomic E-state index is 0.125. The van der Waals surface area contributed by atoms with Crippen LogP contribution in [0.25, 0.3) is 5.69 Å². The van der Waals surface area contributed by atoms with E-state index in [2.05, 4.69) is 10.4 Å². The van der Waals surface area contributed by atoms with Crippen molar-refractivity contribution < 1.29 is 9.18 Å². The first-order valence-corrected chi connectivity index (χ1v) is 6.10. The predicted octanol–water partition coefficient (Wildman–Crippen LogP) is 2.49. The van der Waals surface area contributed by atoms with Crippen LogP contribution in [0.5, 0.6) is 0 Å². The monoisotopic (exact) mass is 261 g/mol. The first kappa shape index (κ1) is 13.3. The third-order valence-corrected chi connectivity index (χ3v) is 2.90. The van der Waals surface area contributed by atoms with E-state index in [1.165, 1.54) is 18.3 Å². The molecule has 0 fully saturated rings. The Hall–Kier alpha value is -2.17. The number of halogens is 1. The van der Waals surface area contributed by atoms with Crippen LogP contribution >= 0.6 is 0 Å². The zero-order valence-electron chi connectivity index (χ0n) is 11.1. The molecule has 4 nitrogen and oxygen atoms in total. The maximum Gasteiger partial charge on any atom is 0.254 e. The van der Waals surface area contributed by atoms with Crippen molar-refractivity contribution in [2.24, 2.45) is 0 Å². The van der Waals surface area contributed by atoms with Crippen molar-refractivity contribution in [3.8, 4) is 5.69 Å². The van der Waals surface area contributed by atoms with Crippen molar-refractivity contribution in [2.75, 3.05) is 7.05 Å². The molecule has 1 amide bonds.